The van der Waals surface area contributed by atoms with E-state index in [9.17, 15) is 4.79 Å². The van der Waals surface area contributed by atoms with E-state index in [1.54, 1.807) is 0 Å². The predicted molar refractivity (Wildman–Crippen MR) is 73.0 cm³/mol. The molecule has 4 nitrogen and oxygen atoms in total. The molecule has 0 saturated carbocycles. The summed E-state index contributed by atoms with van der Waals surface area (Å²) in [6.45, 7) is 2.40. The van der Waals surface area contributed by atoms with Gasteiger partial charge in [-0.2, -0.15) is 0 Å². The molecular weight excluding hydrogens is 228 g/mol. The number of para-hydroxylation sites is 2. The Hall–Kier alpha value is -1.71. The first-order chi connectivity index (χ1) is 8.81. The van der Waals surface area contributed by atoms with E-state index in [-0.39, 0.29) is 12.5 Å². The minimum Gasteiger partial charge on any atom is -0.468 e. The molecule has 4 heteroatoms. The highest BCUT2D eigenvalue weighted by molar-refractivity contribution is 5.78. The number of methoxy groups -OCH3 is 1. The number of carbonyl (C=O) groups excluding carboxylic acids is 1. The Balaban J connectivity index is 2.06. The number of ether oxygens (including phenoxy) is 1. The molecule has 0 atom stereocenters. The van der Waals surface area contributed by atoms with E-state index < -0.39 is 0 Å². The van der Waals surface area contributed by atoms with Crippen LogP contribution < -0.4 is 10.2 Å². The monoisotopic (exact) mass is 248 g/mol. The molecule has 1 aromatic carbocycles. The number of nitrogens with zero attached hydrogens (tertiary/aromatic N) is 1. The van der Waals surface area contributed by atoms with E-state index in [0.29, 0.717) is 0 Å². The van der Waals surface area contributed by atoms with Gasteiger partial charge in [0.15, 0.2) is 0 Å². The first kappa shape index (κ1) is 12.7. The molecule has 1 aliphatic heterocycles. The van der Waals surface area contributed by atoms with Crippen molar-refractivity contribution in [2.75, 3.05) is 37.0 Å². The van der Waals surface area contributed by atoms with Gasteiger partial charge in [-0.05, 0) is 31.4 Å². The highest BCUT2D eigenvalue weighted by Gasteiger charge is 2.14. The number of esters is 1. The van der Waals surface area contributed by atoms with Crippen LogP contribution in [-0.4, -0.2) is 32.7 Å². The van der Waals surface area contributed by atoms with Gasteiger partial charge in [0, 0.05) is 13.1 Å². The Morgan fingerprint density at radius 2 is 2.00 bits per heavy atom. The lowest BCUT2D eigenvalue weighted by molar-refractivity contribution is -0.138. The highest BCUT2D eigenvalue weighted by Crippen LogP contribution is 2.27. The normalized spacial score (nSPS) is 15.3. The van der Waals surface area contributed by atoms with Gasteiger partial charge >= 0.3 is 5.97 Å². The third-order valence-corrected chi connectivity index (χ3v) is 3.25. The maximum atomic E-state index is 11.2. The van der Waals surface area contributed by atoms with Crippen molar-refractivity contribution in [3.63, 3.8) is 0 Å². The Kier molecular flexibility index (Phi) is 4.45. The van der Waals surface area contributed by atoms with Crippen LogP contribution in [0.25, 0.3) is 0 Å². The van der Waals surface area contributed by atoms with Gasteiger partial charge in [-0.1, -0.05) is 12.1 Å². The zero-order chi connectivity index (χ0) is 12.8. The number of rotatable bonds is 4. The third-order valence-electron chi connectivity index (χ3n) is 3.25. The molecule has 1 saturated heterocycles. The smallest absolute Gasteiger partial charge is 0.325 e. The number of benzene rings is 1. The summed E-state index contributed by atoms with van der Waals surface area (Å²) >= 11 is 0. The van der Waals surface area contributed by atoms with Crippen molar-refractivity contribution < 1.29 is 9.53 Å². The summed E-state index contributed by atoms with van der Waals surface area (Å²) in [5, 5.41) is 3.15. The van der Waals surface area contributed by atoms with E-state index in [4.69, 9.17) is 0 Å². The summed E-state index contributed by atoms with van der Waals surface area (Å²) in [6.07, 6.45) is 3.80. The first-order valence-corrected chi connectivity index (χ1v) is 6.46. The number of hydrogen-bond donors (Lipinski definition) is 1. The van der Waals surface area contributed by atoms with Crippen LogP contribution in [0.2, 0.25) is 0 Å². The van der Waals surface area contributed by atoms with Crippen LogP contribution >= 0.6 is 0 Å². The van der Waals surface area contributed by atoms with Gasteiger partial charge in [-0.15, -0.1) is 0 Å². The molecule has 18 heavy (non-hydrogen) atoms. The highest BCUT2D eigenvalue weighted by atomic mass is 16.5. The maximum Gasteiger partial charge on any atom is 0.325 e. The van der Waals surface area contributed by atoms with Gasteiger partial charge in [-0.3, -0.25) is 4.79 Å². The second kappa shape index (κ2) is 6.28. The largest absolute Gasteiger partial charge is 0.468 e. The number of carbonyl (C=O) groups is 1. The summed E-state index contributed by atoms with van der Waals surface area (Å²) in [5.74, 6) is -0.247. The van der Waals surface area contributed by atoms with Crippen LogP contribution in [0.5, 0.6) is 0 Å². The molecule has 1 heterocycles. The molecule has 0 aliphatic carbocycles. The number of nitrogens with one attached hydrogen (secondary N) is 1. The lowest BCUT2D eigenvalue weighted by Gasteiger charge is -2.30. The van der Waals surface area contributed by atoms with Gasteiger partial charge in [0.1, 0.15) is 6.54 Å². The molecule has 1 N–H and O–H groups in total. The molecular formula is C14H20N2O2. The Morgan fingerprint density at radius 1 is 1.28 bits per heavy atom. The minimum atomic E-state index is -0.247. The van der Waals surface area contributed by atoms with Gasteiger partial charge in [0.2, 0.25) is 0 Å². The summed E-state index contributed by atoms with van der Waals surface area (Å²) in [5.41, 5.74) is 2.19. The third kappa shape index (κ3) is 3.15. The average molecular weight is 248 g/mol. The maximum absolute atomic E-state index is 11.2. The Bertz CT molecular complexity index is 401. The van der Waals surface area contributed by atoms with Crippen LogP contribution in [0.3, 0.4) is 0 Å². The molecule has 98 valence electrons. The Morgan fingerprint density at radius 3 is 2.72 bits per heavy atom. The van der Waals surface area contributed by atoms with Gasteiger partial charge in [-0.25, -0.2) is 0 Å². The van der Waals surface area contributed by atoms with E-state index in [0.717, 1.165) is 18.8 Å². The molecule has 0 unspecified atom stereocenters. The second-order valence-electron chi connectivity index (χ2n) is 4.49. The molecule has 0 amide bonds. The van der Waals surface area contributed by atoms with Crippen molar-refractivity contribution in [1.29, 1.82) is 0 Å². The molecule has 0 bridgehead atoms. The molecule has 0 spiro atoms. The van der Waals surface area contributed by atoms with Crippen molar-refractivity contribution in [2.24, 2.45) is 0 Å². The molecule has 1 fully saturated rings. The van der Waals surface area contributed by atoms with Crippen molar-refractivity contribution in [2.45, 2.75) is 19.3 Å². The van der Waals surface area contributed by atoms with Crippen LogP contribution in [0.15, 0.2) is 24.3 Å². The zero-order valence-electron chi connectivity index (χ0n) is 10.8. The topological polar surface area (TPSA) is 41.6 Å². The van der Waals surface area contributed by atoms with Crippen molar-refractivity contribution >= 4 is 17.3 Å². The van der Waals surface area contributed by atoms with Gasteiger partial charge < -0.3 is 15.0 Å². The summed E-state index contributed by atoms with van der Waals surface area (Å²) < 4.78 is 4.64. The standard InChI is InChI=1S/C14H20N2O2/c1-18-14(17)11-15-12-7-3-4-8-13(12)16-9-5-2-6-10-16/h3-4,7-8,15H,2,5-6,9-11H2,1H3. The van der Waals surface area contributed by atoms with Gasteiger partial charge in [0.05, 0.1) is 18.5 Å². The molecule has 0 radical (unpaired) electrons. The van der Waals surface area contributed by atoms with Crippen LogP contribution in [0, 0.1) is 0 Å². The van der Waals surface area contributed by atoms with Gasteiger partial charge in [0.25, 0.3) is 0 Å². The lowest BCUT2D eigenvalue weighted by Crippen LogP contribution is -2.30. The van der Waals surface area contributed by atoms with E-state index in [1.165, 1.54) is 32.1 Å². The summed E-state index contributed by atoms with van der Waals surface area (Å²) in [4.78, 5) is 13.6. The molecule has 1 aliphatic rings. The fourth-order valence-corrected chi connectivity index (χ4v) is 2.27. The van der Waals surface area contributed by atoms with E-state index >= 15 is 0 Å². The van der Waals surface area contributed by atoms with Crippen LogP contribution in [0.4, 0.5) is 11.4 Å². The lowest BCUT2D eigenvalue weighted by atomic mass is 10.1. The summed E-state index contributed by atoms with van der Waals surface area (Å²) in [6, 6.07) is 8.12. The van der Waals surface area contributed by atoms with E-state index in [1.807, 2.05) is 18.2 Å². The first-order valence-electron chi connectivity index (χ1n) is 6.46. The second-order valence-corrected chi connectivity index (χ2v) is 4.49. The Labute approximate surface area is 108 Å². The van der Waals surface area contributed by atoms with Crippen LogP contribution in [-0.2, 0) is 9.53 Å². The van der Waals surface area contributed by atoms with E-state index in [2.05, 4.69) is 21.0 Å². The minimum absolute atomic E-state index is 0.210. The average Bonchev–Trinajstić information content (AvgIpc) is 2.46. The number of anilines is 2. The predicted octanol–water partition coefficient (Wildman–Crippen LogP) is 2.26. The number of piperidine rings is 1. The molecule has 2 rings (SSSR count). The fourth-order valence-electron chi connectivity index (χ4n) is 2.27. The summed E-state index contributed by atoms with van der Waals surface area (Å²) in [7, 11) is 1.40. The SMILES string of the molecule is COC(=O)CNc1ccccc1N1CCCCC1. The zero-order valence-corrected chi connectivity index (χ0v) is 10.8. The number of hydrogen-bond acceptors (Lipinski definition) is 4. The molecule has 1 aromatic rings. The van der Waals surface area contributed by atoms with Crippen molar-refractivity contribution in [3.05, 3.63) is 24.3 Å². The van der Waals surface area contributed by atoms with Crippen LogP contribution in [0.1, 0.15) is 19.3 Å². The van der Waals surface area contributed by atoms with Crippen molar-refractivity contribution in [3.8, 4) is 0 Å². The molecule has 0 aromatic heterocycles. The fraction of sp³-hybridized carbons (Fsp3) is 0.500. The van der Waals surface area contributed by atoms with Crippen molar-refractivity contribution in [1.82, 2.24) is 0 Å². The quantitative estimate of drug-likeness (QED) is 0.830.